The second kappa shape index (κ2) is 4.75. The van der Waals surface area contributed by atoms with Crippen molar-refractivity contribution in [3.8, 4) is 0 Å². The van der Waals surface area contributed by atoms with Crippen molar-refractivity contribution in [3.05, 3.63) is 36.2 Å². The van der Waals surface area contributed by atoms with E-state index in [-0.39, 0.29) is 0 Å². The topological polar surface area (TPSA) is 58.5 Å². The highest BCUT2D eigenvalue weighted by Crippen LogP contribution is 1.94. The molecule has 80 valence electrons. The molecule has 0 unspecified atom stereocenters. The Bertz CT molecular complexity index is 390. The van der Waals surface area contributed by atoms with Crippen LogP contribution in [-0.4, -0.2) is 26.3 Å². The molecular formula is C10H15N5. The molecule has 0 fully saturated rings. The molecule has 2 N–H and O–H groups in total. The number of nitrogens with one attached hydrogen (secondary N) is 2. The highest BCUT2D eigenvalue weighted by molar-refractivity contribution is 4.99. The van der Waals surface area contributed by atoms with Gasteiger partial charge in [0, 0.05) is 37.4 Å². The lowest BCUT2D eigenvalue weighted by molar-refractivity contribution is 0.552. The number of aromatic nitrogens is 4. The lowest BCUT2D eigenvalue weighted by Crippen LogP contribution is -2.19. The number of nitrogens with zero attached hydrogens (tertiary/aromatic N) is 3. The molecule has 0 bridgehead atoms. The molecule has 5 heteroatoms. The first kappa shape index (κ1) is 9.92. The van der Waals surface area contributed by atoms with E-state index in [1.54, 1.807) is 6.20 Å². The van der Waals surface area contributed by atoms with Crippen molar-refractivity contribution >= 4 is 0 Å². The minimum absolute atomic E-state index is 0.822. The van der Waals surface area contributed by atoms with Crippen molar-refractivity contribution < 1.29 is 0 Å². The first-order valence-electron chi connectivity index (χ1n) is 5.03. The molecule has 0 saturated heterocycles. The first-order valence-corrected chi connectivity index (χ1v) is 5.03. The Kier molecular flexibility index (Phi) is 3.14. The number of aromatic amines is 1. The van der Waals surface area contributed by atoms with Crippen molar-refractivity contribution in [2.24, 2.45) is 0 Å². The summed E-state index contributed by atoms with van der Waals surface area (Å²) in [6.45, 7) is 4.56. The van der Waals surface area contributed by atoms with Crippen LogP contribution in [0.4, 0.5) is 0 Å². The standard InChI is InChI=1S/C10H15N5/c1-9-12-8-10(14-9)7-11-4-6-15-5-2-3-13-15/h2-3,5,8,11H,4,6-7H2,1H3,(H,12,14). The van der Waals surface area contributed by atoms with Crippen molar-refractivity contribution in [3.63, 3.8) is 0 Å². The Hall–Kier alpha value is -1.62. The van der Waals surface area contributed by atoms with E-state index < -0.39 is 0 Å². The second-order valence-electron chi connectivity index (χ2n) is 3.44. The number of imidazole rings is 1. The number of hydrogen-bond donors (Lipinski definition) is 2. The minimum atomic E-state index is 0.822. The third-order valence-electron chi connectivity index (χ3n) is 2.15. The zero-order valence-electron chi connectivity index (χ0n) is 8.77. The SMILES string of the molecule is Cc1ncc(CNCCn2cccn2)[nH]1. The highest BCUT2D eigenvalue weighted by Gasteiger charge is 1.95. The van der Waals surface area contributed by atoms with Gasteiger partial charge in [0.1, 0.15) is 5.82 Å². The summed E-state index contributed by atoms with van der Waals surface area (Å²) in [6.07, 6.45) is 5.61. The predicted octanol–water partition coefficient (Wildman–Crippen LogP) is 0.704. The Morgan fingerprint density at radius 3 is 3.13 bits per heavy atom. The van der Waals surface area contributed by atoms with Crippen LogP contribution in [0.3, 0.4) is 0 Å². The van der Waals surface area contributed by atoms with Crippen molar-refractivity contribution in [2.45, 2.75) is 20.0 Å². The van der Waals surface area contributed by atoms with E-state index in [9.17, 15) is 0 Å². The molecule has 15 heavy (non-hydrogen) atoms. The molecule has 2 heterocycles. The number of H-pyrrole nitrogens is 1. The fourth-order valence-corrected chi connectivity index (χ4v) is 1.41. The van der Waals surface area contributed by atoms with Gasteiger partial charge in [0.15, 0.2) is 0 Å². The van der Waals surface area contributed by atoms with E-state index in [2.05, 4.69) is 20.4 Å². The molecule has 0 aliphatic heterocycles. The van der Waals surface area contributed by atoms with Crippen molar-refractivity contribution in [2.75, 3.05) is 6.54 Å². The van der Waals surface area contributed by atoms with Gasteiger partial charge in [-0.1, -0.05) is 0 Å². The summed E-state index contributed by atoms with van der Waals surface area (Å²) in [5.41, 5.74) is 1.12. The predicted molar refractivity (Wildman–Crippen MR) is 57.3 cm³/mol. The molecule has 0 radical (unpaired) electrons. The van der Waals surface area contributed by atoms with E-state index in [4.69, 9.17) is 0 Å². The van der Waals surface area contributed by atoms with Crippen LogP contribution in [-0.2, 0) is 13.1 Å². The quantitative estimate of drug-likeness (QED) is 0.707. The van der Waals surface area contributed by atoms with Gasteiger partial charge in [0.25, 0.3) is 0 Å². The third kappa shape index (κ3) is 2.92. The monoisotopic (exact) mass is 205 g/mol. The second-order valence-corrected chi connectivity index (χ2v) is 3.44. The van der Waals surface area contributed by atoms with Crippen LogP contribution in [0.2, 0.25) is 0 Å². The first-order chi connectivity index (χ1) is 7.34. The summed E-state index contributed by atoms with van der Waals surface area (Å²) < 4.78 is 1.91. The number of hydrogen-bond acceptors (Lipinski definition) is 3. The van der Waals surface area contributed by atoms with Gasteiger partial charge < -0.3 is 10.3 Å². The number of aryl methyl sites for hydroxylation is 1. The lowest BCUT2D eigenvalue weighted by Gasteiger charge is -2.03. The molecule has 0 atom stereocenters. The largest absolute Gasteiger partial charge is 0.345 e. The van der Waals surface area contributed by atoms with Crippen LogP contribution < -0.4 is 5.32 Å². The molecule has 0 amide bonds. The zero-order valence-corrected chi connectivity index (χ0v) is 8.77. The van der Waals surface area contributed by atoms with Gasteiger partial charge in [-0.2, -0.15) is 5.10 Å². The smallest absolute Gasteiger partial charge is 0.103 e. The third-order valence-corrected chi connectivity index (χ3v) is 2.15. The van der Waals surface area contributed by atoms with Gasteiger partial charge in [0.05, 0.1) is 6.54 Å². The van der Waals surface area contributed by atoms with Crippen LogP contribution >= 0.6 is 0 Å². The van der Waals surface area contributed by atoms with E-state index in [1.165, 1.54) is 0 Å². The summed E-state index contributed by atoms with van der Waals surface area (Å²) in [5.74, 6) is 0.957. The van der Waals surface area contributed by atoms with Gasteiger partial charge in [-0.05, 0) is 13.0 Å². The summed E-state index contributed by atoms with van der Waals surface area (Å²) in [5, 5.41) is 7.44. The summed E-state index contributed by atoms with van der Waals surface area (Å²) >= 11 is 0. The molecule has 0 spiro atoms. The lowest BCUT2D eigenvalue weighted by atomic mass is 10.4. The maximum Gasteiger partial charge on any atom is 0.103 e. The van der Waals surface area contributed by atoms with Gasteiger partial charge in [-0.25, -0.2) is 4.98 Å². The average Bonchev–Trinajstić information content (AvgIpc) is 2.84. The highest BCUT2D eigenvalue weighted by atomic mass is 15.3. The van der Waals surface area contributed by atoms with Crippen molar-refractivity contribution in [1.29, 1.82) is 0 Å². The van der Waals surface area contributed by atoms with E-state index in [0.717, 1.165) is 31.2 Å². The molecular weight excluding hydrogens is 190 g/mol. The molecule has 2 aromatic heterocycles. The van der Waals surface area contributed by atoms with Crippen LogP contribution in [0, 0.1) is 6.92 Å². The fourth-order valence-electron chi connectivity index (χ4n) is 1.41. The van der Waals surface area contributed by atoms with Gasteiger partial charge in [-0.15, -0.1) is 0 Å². The normalized spacial score (nSPS) is 10.7. The molecule has 2 aromatic rings. The zero-order chi connectivity index (χ0) is 10.5. The van der Waals surface area contributed by atoms with Crippen LogP contribution in [0.15, 0.2) is 24.7 Å². The van der Waals surface area contributed by atoms with E-state index >= 15 is 0 Å². The summed E-state index contributed by atoms with van der Waals surface area (Å²) in [7, 11) is 0. The van der Waals surface area contributed by atoms with Crippen molar-refractivity contribution in [1.82, 2.24) is 25.1 Å². The molecule has 2 rings (SSSR count). The van der Waals surface area contributed by atoms with E-state index in [0.29, 0.717) is 0 Å². The molecule has 5 nitrogen and oxygen atoms in total. The fraction of sp³-hybridized carbons (Fsp3) is 0.400. The summed E-state index contributed by atoms with van der Waals surface area (Å²) in [4.78, 5) is 7.31. The van der Waals surface area contributed by atoms with Crippen LogP contribution in [0.5, 0.6) is 0 Å². The van der Waals surface area contributed by atoms with Crippen LogP contribution in [0.1, 0.15) is 11.5 Å². The van der Waals surface area contributed by atoms with Gasteiger partial charge in [-0.3, -0.25) is 4.68 Å². The Morgan fingerprint density at radius 2 is 2.47 bits per heavy atom. The Morgan fingerprint density at radius 1 is 1.53 bits per heavy atom. The molecule has 0 aliphatic rings. The molecule has 0 aliphatic carbocycles. The maximum absolute atomic E-state index is 4.13. The number of rotatable bonds is 5. The minimum Gasteiger partial charge on any atom is -0.345 e. The van der Waals surface area contributed by atoms with E-state index in [1.807, 2.05) is 30.1 Å². The van der Waals surface area contributed by atoms with Gasteiger partial charge >= 0.3 is 0 Å². The molecule has 0 saturated carbocycles. The Labute approximate surface area is 88.5 Å². The molecule has 0 aromatic carbocycles. The average molecular weight is 205 g/mol. The van der Waals surface area contributed by atoms with Crippen LogP contribution in [0.25, 0.3) is 0 Å². The van der Waals surface area contributed by atoms with Gasteiger partial charge in [0.2, 0.25) is 0 Å². The maximum atomic E-state index is 4.13. The Balaban J connectivity index is 1.67. The summed E-state index contributed by atoms with van der Waals surface area (Å²) in [6, 6.07) is 1.93.